The molecule has 0 atom stereocenters. The third kappa shape index (κ3) is 2.25. The smallest absolute Gasteiger partial charge is 0.227 e. The van der Waals surface area contributed by atoms with E-state index < -0.39 is 0 Å². The topological polar surface area (TPSA) is 32.3 Å². The van der Waals surface area contributed by atoms with Crippen LogP contribution >= 0.6 is 0 Å². The Morgan fingerprint density at radius 3 is 2.88 bits per heavy atom. The summed E-state index contributed by atoms with van der Waals surface area (Å²) in [7, 11) is 0. The van der Waals surface area contributed by atoms with Gasteiger partial charge in [-0.05, 0) is 24.6 Å². The number of benzene rings is 1. The average Bonchev–Trinajstić information content (AvgIpc) is 2.73. The fraction of sp³-hybridized carbons (Fsp3) is 0.462. The molecule has 0 saturated carbocycles. The van der Waals surface area contributed by atoms with E-state index in [2.05, 4.69) is 18.3 Å². The average molecular weight is 218 g/mol. The summed E-state index contributed by atoms with van der Waals surface area (Å²) >= 11 is 0. The Kier molecular flexibility index (Phi) is 3.57. The van der Waals surface area contributed by atoms with E-state index in [1.807, 2.05) is 23.1 Å². The SMILES string of the molecule is CCNCc1ccccc1N1CCCC1=O. The molecule has 3 heteroatoms. The van der Waals surface area contributed by atoms with Crippen LogP contribution in [0.1, 0.15) is 25.3 Å². The number of rotatable bonds is 4. The second-order valence-electron chi connectivity index (χ2n) is 4.06. The number of amides is 1. The molecule has 16 heavy (non-hydrogen) atoms. The predicted molar refractivity (Wildman–Crippen MR) is 65.4 cm³/mol. The van der Waals surface area contributed by atoms with Gasteiger partial charge in [0.05, 0.1) is 0 Å². The van der Waals surface area contributed by atoms with Gasteiger partial charge in [-0.2, -0.15) is 0 Å². The van der Waals surface area contributed by atoms with Crippen molar-refractivity contribution < 1.29 is 4.79 Å². The van der Waals surface area contributed by atoms with Gasteiger partial charge in [-0.3, -0.25) is 4.79 Å². The summed E-state index contributed by atoms with van der Waals surface area (Å²) in [6.45, 7) is 4.73. The van der Waals surface area contributed by atoms with Crippen LogP contribution in [-0.4, -0.2) is 19.0 Å². The first kappa shape index (κ1) is 11.1. The van der Waals surface area contributed by atoms with Crippen molar-refractivity contribution in [1.82, 2.24) is 5.32 Å². The van der Waals surface area contributed by atoms with Crippen molar-refractivity contribution in [2.45, 2.75) is 26.3 Å². The maximum absolute atomic E-state index is 11.7. The van der Waals surface area contributed by atoms with E-state index in [9.17, 15) is 4.79 Å². The highest BCUT2D eigenvalue weighted by Crippen LogP contribution is 2.25. The number of nitrogens with one attached hydrogen (secondary N) is 1. The molecule has 1 aliphatic rings. The molecule has 0 unspecified atom stereocenters. The third-order valence-corrected chi connectivity index (χ3v) is 2.92. The number of hydrogen-bond acceptors (Lipinski definition) is 2. The van der Waals surface area contributed by atoms with E-state index in [0.29, 0.717) is 6.42 Å². The number of carbonyl (C=O) groups excluding carboxylic acids is 1. The Labute approximate surface area is 96.5 Å². The molecular weight excluding hydrogens is 200 g/mol. The molecule has 2 rings (SSSR count). The summed E-state index contributed by atoms with van der Waals surface area (Å²) in [6.07, 6.45) is 1.67. The monoisotopic (exact) mass is 218 g/mol. The molecule has 86 valence electrons. The van der Waals surface area contributed by atoms with Gasteiger partial charge in [0, 0.05) is 25.2 Å². The fourth-order valence-corrected chi connectivity index (χ4v) is 2.09. The zero-order valence-corrected chi connectivity index (χ0v) is 9.70. The number of nitrogens with zero attached hydrogens (tertiary/aromatic N) is 1. The summed E-state index contributed by atoms with van der Waals surface area (Å²) in [5.74, 6) is 0.254. The molecule has 1 aliphatic heterocycles. The minimum Gasteiger partial charge on any atom is -0.313 e. The lowest BCUT2D eigenvalue weighted by molar-refractivity contribution is -0.117. The maximum Gasteiger partial charge on any atom is 0.227 e. The third-order valence-electron chi connectivity index (χ3n) is 2.92. The van der Waals surface area contributed by atoms with Crippen LogP contribution in [0.4, 0.5) is 5.69 Å². The van der Waals surface area contributed by atoms with Crippen molar-refractivity contribution in [3.05, 3.63) is 29.8 Å². The van der Waals surface area contributed by atoms with E-state index in [-0.39, 0.29) is 5.91 Å². The van der Waals surface area contributed by atoms with Gasteiger partial charge < -0.3 is 10.2 Å². The van der Waals surface area contributed by atoms with Crippen LogP contribution in [0.25, 0.3) is 0 Å². The van der Waals surface area contributed by atoms with Crippen molar-refractivity contribution in [2.24, 2.45) is 0 Å². The van der Waals surface area contributed by atoms with Crippen LogP contribution in [-0.2, 0) is 11.3 Å². The van der Waals surface area contributed by atoms with Gasteiger partial charge in [0.15, 0.2) is 0 Å². The molecule has 0 spiro atoms. The molecule has 1 heterocycles. The van der Waals surface area contributed by atoms with Gasteiger partial charge in [-0.1, -0.05) is 25.1 Å². The second kappa shape index (κ2) is 5.12. The molecule has 3 nitrogen and oxygen atoms in total. The molecule has 0 radical (unpaired) electrons. The Bertz CT molecular complexity index is 376. The Balaban J connectivity index is 2.21. The number of carbonyl (C=O) groups is 1. The lowest BCUT2D eigenvalue weighted by atomic mass is 10.1. The minimum absolute atomic E-state index is 0.254. The molecule has 0 bridgehead atoms. The van der Waals surface area contributed by atoms with Gasteiger partial charge in [-0.15, -0.1) is 0 Å². The second-order valence-corrected chi connectivity index (χ2v) is 4.06. The molecule has 1 N–H and O–H groups in total. The van der Waals surface area contributed by atoms with E-state index >= 15 is 0 Å². The number of hydrogen-bond donors (Lipinski definition) is 1. The van der Waals surface area contributed by atoms with Crippen molar-refractivity contribution in [1.29, 1.82) is 0 Å². The van der Waals surface area contributed by atoms with E-state index in [4.69, 9.17) is 0 Å². The molecule has 0 aliphatic carbocycles. The fourth-order valence-electron chi connectivity index (χ4n) is 2.09. The molecule has 1 aromatic rings. The summed E-state index contributed by atoms with van der Waals surface area (Å²) in [5, 5.41) is 3.31. The van der Waals surface area contributed by atoms with E-state index in [1.54, 1.807) is 0 Å². The van der Waals surface area contributed by atoms with Crippen molar-refractivity contribution in [2.75, 3.05) is 18.0 Å². The van der Waals surface area contributed by atoms with Crippen molar-refractivity contribution >= 4 is 11.6 Å². The lowest BCUT2D eigenvalue weighted by Gasteiger charge is -2.19. The molecule has 0 aromatic heterocycles. The highest BCUT2D eigenvalue weighted by Gasteiger charge is 2.23. The van der Waals surface area contributed by atoms with Crippen LogP contribution in [0.15, 0.2) is 24.3 Å². The van der Waals surface area contributed by atoms with E-state index in [1.165, 1.54) is 5.56 Å². The van der Waals surface area contributed by atoms with Crippen LogP contribution < -0.4 is 10.2 Å². The Hall–Kier alpha value is -1.35. The molecule has 1 fully saturated rings. The van der Waals surface area contributed by atoms with Crippen LogP contribution in [0.2, 0.25) is 0 Å². The van der Waals surface area contributed by atoms with Crippen LogP contribution in [0, 0.1) is 0 Å². The van der Waals surface area contributed by atoms with Gasteiger partial charge in [-0.25, -0.2) is 0 Å². The van der Waals surface area contributed by atoms with E-state index in [0.717, 1.165) is 31.7 Å². The normalized spacial score (nSPS) is 15.8. The molecule has 1 amide bonds. The summed E-state index contributed by atoms with van der Waals surface area (Å²) in [6, 6.07) is 8.15. The zero-order chi connectivity index (χ0) is 11.4. The zero-order valence-electron chi connectivity index (χ0n) is 9.70. The number of anilines is 1. The lowest BCUT2D eigenvalue weighted by Crippen LogP contribution is -2.26. The van der Waals surface area contributed by atoms with Crippen LogP contribution in [0.5, 0.6) is 0 Å². The minimum atomic E-state index is 0.254. The first-order valence-electron chi connectivity index (χ1n) is 5.92. The maximum atomic E-state index is 11.7. The van der Waals surface area contributed by atoms with Gasteiger partial charge in [0.2, 0.25) is 5.91 Å². The largest absolute Gasteiger partial charge is 0.313 e. The Morgan fingerprint density at radius 2 is 2.19 bits per heavy atom. The molecule has 1 aromatic carbocycles. The van der Waals surface area contributed by atoms with Gasteiger partial charge in [0.1, 0.15) is 0 Å². The quantitative estimate of drug-likeness (QED) is 0.837. The molecule has 1 saturated heterocycles. The summed E-state index contributed by atoms with van der Waals surface area (Å²) in [5.41, 5.74) is 2.28. The Morgan fingerprint density at radius 1 is 1.38 bits per heavy atom. The first-order chi connectivity index (χ1) is 7.83. The van der Waals surface area contributed by atoms with Gasteiger partial charge in [0.25, 0.3) is 0 Å². The predicted octanol–water partition coefficient (Wildman–Crippen LogP) is 1.92. The van der Waals surface area contributed by atoms with Crippen LogP contribution in [0.3, 0.4) is 0 Å². The summed E-state index contributed by atoms with van der Waals surface area (Å²) in [4.78, 5) is 13.6. The molecular formula is C13H18N2O. The highest BCUT2D eigenvalue weighted by molar-refractivity contribution is 5.96. The number of para-hydroxylation sites is 1. The van der Waals surface area contributed by atoms with Crippen molar-refractivity contribution in [3.8, 4) is 0 Å². The van der Waals surface area contributed by atoms with Gasteiger partial charge >= 0.3 is 0 Å². The summed E-state index contributed by atoms with van der Waals surface area (Å²) < 4.78 is 0. The highest BCUT2D eigenvalue weighted by atomic mass is 16.2. The van der Waals surface area contributed by atoms with Crippen molar-refractivity contribution in [3.63, 3.8) is 0 Å². The first-order valence-corrected chi connectivity index (χ1v) is 5.92. The standard InChI is InChI=1S/C13H18N2O/c1-2-14-10-11-6-3-4-7-12(11)15-9-5-8-13(15)16/h3-4,6-7,14H,2,5,8-10H2,1H3.